The lowest BCUT2D eigenvalue weighted by atomic mass is 9.97. The van der Waals surface area contributed by atoms with Gasteiger partial charge < -0.3 is 10.6 Å². The van der Waals surface area contributed by atoms with Gasteiger partial charge in [0, 0.05) is 12.4 Å². The number of halogens is 7. The predicted molar refractivity (Wildman–Crippen MR) is 98.9 cm³/mol. The highest BCUT2D eigenvalue weighted by Crippen LogP contribution is 2.37. The first-order chi connectivity index (χ1) is 15.0. The number of hydrogen-bond acceptors (Lipinski definition) is 3. The van der Waals surface area contributed by atoms with Crippen molar-refractivity contribution < 1.29 is 35.5 Å². The lowest BCUT2D eigenvalue weighted by Crippen LogP contribution is -2.35. The quantitative estimate of drug-likeness (QED) is 0.503. The van der Waals surface area contributed by atoms with Crippen LogP contribution in [0.25, 0.3) is 0 Å². The number of nitrogens with one attached hydrogen (secondary N) is 2. The monoisotopic (exact) mass is 458 g/mol. The molecule has 0 saturated carbocycles. The van der Waals surface area contributed by atoms with Crippen molar-refractivity contribution in [3.8, 4) is 0 Å². The zero-order valence-corrected chi connectivity index (χ0v) is 15.8. The smallest absolute Gasteiger partial charge is 0.325 e. The van der Waals surface area contributed by atoms with Crippen molar-refractivity contribution in [2.24, 2.45) is 0 Å². The van der Waals surface area contributed by atoms with Gasteiger partial charge in [0.05, 0.1) is 34.7 Å². The number of nitrogens with zero attached hydrogens (tertiary/aromatic N) is 2. The van der Waals surface area contributed by atoms with Crippen molar-refractivity contribution in [2.45, 2.75) is 18.4 Å². The zero-order chi connectivity index (χ0) is 23.5. The summed E-state index contributed by atoms with van der Waals surface area (Å²) >= 11 is 0. The molecule has 12 heteroatoms. The normalized spacial score (nSPS) is 12.8. The average Bonchev–Trinajstić information content (AvgIpc) is 2.71. The van der Waals surface area contributed by atoms with Crippen LogP contribution in [0.4, 0.5) is 41.2 Å². The summed E-state index contributed by atoms with van der Waals surface area (Å²) in [5.41, 5.74) is -3.75. The minimum Gasteiger partial charge on any atom is -0.325 e. The highest BCUT2D eigenvalue weighted by molar-refractivity contribution is 5.89. The van der Waals surface area contributed by atoms with Crippen molar-refractivity contribution in [1.82, 2.24) is 15.3 Å². The van der Waals surface area contributed by atoms with Gasteiger partial charge in [-0.1, -0.05) is 6.07 Å². The third-order valence-electron chi connectivity index (χ3n) is 4.24. The first kappa shape index (κ1) is 23.0. The molecule has 32 heavy (non-hydrogen) atoms. The number of alkyl halides is 6. The van der Waals surface area contributed by atoms with Gasteiger partial charge in [-0.25, -0.2) is 9.18 Å². The number of rotatable bonds is 4. The Balaban J connectivity index is 2.05. The lowest BCUT2D eigenvalue weighted by molar-refractivity contribution is -0.140. The second kappa shape index (κ2) is 8.81. The van der Waals surface area contributed by atoms with E-state index in [1.165, 1.54) is 24.5 Å². The van der Waals surface area contributed by atoms with Gasteiger partial charge in [-0.2, -0.15) is 26.3 Å². The second-order valence-electron chi connectivity index (χ2n) is 6.44. The van der Waals surface area contributed by atoms with E-state index in [2.05, 4.69) is 20.6 Å². The second-order valence-corrected chi connectivity index (χ2v) is 6.44. The molecule has 0 aliphatic carbocycles. The van der Waals surface area contributed by atoms with Gasteiger partial charge in [0.2, 0.25) is 0 Å². The molecule has 1 atom stereocenters. The van der Waals surface area contributed by atoms with E-state index in [-0.39, 0.29) is 11.3 Å². The van der Waals surface area contributed by atoms with Gasteiger partial charge in [0.15, 0.2) is 0 Å². The van der Waals surface area contributed by atoms with E-state index < -0.39 is 47.1 Å². The van der Waals surface area contributed by atoms with Crippen LogP contribution in [-0.4, -0.2) is 16.0 Å². The summed E-state index contributed by atoms with van der Waals surface area (Å²) in [6.45, 7) is 0. The summed E-state index contributed by atoms with van der Waals surface area (Å²) < 4.78 is 93.3. The van der Waals surface area contributed by atoms with E-state index in [1.54, 1.807) is 0 Å². The van der Waals surface area contributed by atoms with Crippen molar-refractivity contribution in [1.29, 1.82) is 0 Å². The summed E-state index contributed by atoms with van der Waals surface area (Å²) in [5, 5.41) is 4.53. The fourth-order valence-electron chi connectivity index (χ4n) is 2.87. The van der Waals surface area contributed by atoms with Crippen LogP contribution in [0.3, 0.4) is 0 Å². The van der Waals surface area contributed by atoms with Crippen molar-refractivity contribution >= 4 is 11.7 Å². The van der Waals surface area contributed by atoms with Crippen molar-refractivity contribution in [3.63, 3.8) is 0 Å². The Morgan fingerprint density at radius 1 is 0.906 bits per heavy atom. The molecule has 0 saturated heterocycles. The number of aromatic nitrogens is 2. The molecule has 2 heterocycles. The number of pyridine rings is 2. The van der Waals surface area contributed by atoms with Crippen LogP contribution in [0.15, 0.2) is 61.1 Å². The highest BCUT2D eigenvalue weighted by Gasteiger charge is 2.38. The van der Waals surface area contributed by atoms with Gasteiger partial charge in [0.1, 0.15) is 5.82 Å². The minimum atomic E-state index is -5.01. The van der Waals surface area contributed by atoms with E-state index in [9.17, 15) is 35.5 Å². The van der Waals surface area contributed by atoms with Crippen LogP contribution in [0.1, 0.15) is 28.4 Å². The number of amides is 2. The number of benzene rings is 1. The molecule has 0 fully saturated rings. The largest absolute Gasteiger partial charge is 0.419 e. The summed E-state index contributed by atoms with van der Waals surface area (Å²) in [6, 6.07) is 3.46. The number of anilines is 1. The number of hydrogen-bond donors (Lipinski definition) is 2. The number of carbonyl (C=O) groups excluding carboxylic acids is 1. The molecule has 0 aliphatic rings. The van der Waals surface area contributed by atoms with Gasteiger partial charge in [-0.05, 0) is 42.0 Å². The van der Waals surface area contributed by atoms with E-state index in [4.69, 9.17) is 0 Å². The van der Waals surface area contributed by atoms with E-state index >= 15 is 0 Å². The zero-order valence-electron chi connectivity index (χ0n) is 15.8. The topological polar surface area (TPSA) is 66.9 Å². The Morgan fingerprint density at radius 3 is 2.19 bits per heavy atom. The van der Waals surface area contributed by atoms with Gasteiger partial charge in [0.25, 0.3) is 0 Å². The molecule has 2 amide bonds. The van der Waals surface area contributed by atoms with Crippen LogP contribution >= 0.6 is 0 Å². The maximum absolute atomic E-state index is 14.1. The first-order valence-corrected chi connectivity index (χ1v) is 8.83. The standard InChI is InChI=1S/C20H13F7N4O/c21-15-9-11(5-6-13(15)19(22,23)24)16(17-14(20(25,26)27)4-2-8-29-17)31-18(32)30-12-3-1-7-28-10-12/h1-10,16H,(H2,30,31,32). The Labute approximate surface area is 176 Å². The maximum Gasteiger partial charge on any atom is 0.419 e. The predicted octanol–water partition coefficient (Wildman–Crippen LogP) is 5.56. The van der Waals surface area contributed by atoms with Crippen LogP contribution in [0.5, 0.6) is 0 Å². The molecular formula is C20H13F7N4O. The van der Waals surface area contributed by atoms with E-state index in [0.29, 0.717) is 18.2 Å². The molecular weight excluding hydrogens is 445 g/mol. The molecule has 3 aromatic rings. The third kappa shape index (κ3) is 5.31. The Morgan fingerprint density at radius 2 is 1.59 bits per heavy atom. The molecule has 168 valence electrons. The van der Waals surface area contributed by atoms with Crippen LogP contribution < -0.4 is 10.6 Å². The maximum atomic E-state index is 14.1. The summed E-state index contributed by atoms with van der Waals surface area (Å²) in [5.74, 6) is -1.71. The van der Waals surface area contributed by atoms with Crippen molar-refractivity contribution in [3.05, 3.63) is 89.3 Å². The summed E-state index contributed by atoms with van der Waals surface area (Å²) in [4.78, 5) is 19.8. The molecule has 0 spiro atoms. The number of carbonyl (C=O) groups is 1. The highest BCUT2D eigenvalue weighted by atomic mass is 19.4. The Kier molecular flexibility index (Phi) is 6.32. The van der Waals surface area contributed by atoms with E-state index in [0.717, 1.165) is 18.3 Å². The molecule has 0 bridgehead atoms. The third-order valence-corrected chi connectivity index (χ3v) is 4.24. The van der Waals surface area contributed by atoms with E-state index in [1.807, 2.05) is 0 Å². The first-order valence-electron chi connectivity index (χ1n) is 8.83. The summed E-state index contributed by atoms with van der Waals surface area (Å²) in [6.07, 6.45) is -6.22. The minimum absolute atomic E-state index is 0.194. The van der Waals surface area contributed by atoms with Gasteiger partial charge >= 0.3 is 18.4 Å². The Bertz CT molecular complexity index is 1100. The molecule has 1 aromatic carbocycles. The van der Waals surface area contributed by atoms with Crippen LogP contribution in [-0.2, 0) is 12.4 Å². The average molecular weight is 458 g/mol. The van der Waals surface area contributed by atoms with Gasteiger partial charge in [-0.3, -0.25) is 9.97 Å². The molecule has 1 unspecified atom stereocenters. The SMILES string of the molecule is O=C(Nc1cccnc1)NC(c1ccc(C(F)(F)F)c(F)c1)c1ncccc1C(F)(F)F. The summed E-state index contributed by atoms with van der Waals surface area (Å²) in [7, 11) is 0. The van der Waals surface area contributed by atoms with Crippen LogP contribution in [0.2, 0.25) is 0 Å². The Hall–Kier alpha value is -3.70. The fraction of sp³-hybridized carbons (Fsp3) is 0.150. The molecule has 2 N–H and O–H groups in total. The molecule has 3 rings (SSSR count). The number of urea groups is 1. The van der Waals surface area contributed by atoms with Crippen molar-refractivity contribution in [2.75, 3.05) is 5.32 Å². The van der Waals surface area contributed by atoms with Crippen LogP contribution in [0, 0.1) is 5.82 Å². The molecule has 0 aliphatic heterocycles. The molecule has 5 nitrogen and oxygen atoms in total. The lowest BCUT2D eigenvalue weighted by Gasteiger charge is -2.23. The molecule has 0 radical (unpaired) electrons. The fourth-order valence-corrected chi connectivity index (χ4v) is 2.87. The molecule has 2 aromatic heterocycles. The van der Waals surface area contributed by atoms with Gasteiger partial charge in [-0.15, -0.1) is 0 Å².